The van der Waals surface area contributed by atoms with Crippen LogP contribution in [0.2, 0.25) is 0 Å². The van der Waals surface area contributed by atoms with Crippen LogP contribution >= 0.6 is 11.8 Å². The molecule has 5 rings (SSSR count). The summed E-state index contributed by atoms with van der Waals surface area (Å²) in [7, 11) is 1.64. The predicted octanol–water partition coefficient (Wildman–Crippen LogP) is 3.57. The van der Waals surface area contributed by atoms with Gasteiger partial charge in [-0.2, -0.15) is 0 Å². The Labute approximate surface area is 149 Å². The normalized spacial score (nSPS) is 26.5. The largest absolute Gasteiger partial charge is 0.497 e. The number of carbonyl (C=O) groups is 1. The van der Waals surface area contributed by atoms with Gasteiger partial charge in [-0.25, -0.2) is 10.0 Å². The standard InChI is InChI=1S/C19H16N2O3S/c1-23-15-9-7-14(8-10-15)19-11-16(22)21(19)20-17(24-19)12-25-18(20)13-5-3-2-4-6-13/h2-10,12,18H,11H2,1H3/t18-,19-/m0/s1. The number of rotatable bonds is 3. The Kier molecular flexibility index (Phi) is 3.06. The second kappa shape index (κ2) is 5.20. The van der Waals surface area contributed by atoms with Crippen LogP contribution in [0.15, 0.2) is 65.9 Å². The Morgan fingerprint density at radius 2 is 1.92 bits per heavy atom. The van der Waals surface area contributed by atoms with Gasteiger partial charge in [-0.3, -0.25) is 4.79 Å². The third-order valence-electron chi connectivity index (χ3n) is 4.83. The first-order chi connectivity index (χ1) is 12.2. The summed E-state index contributed by atoms with van der Waals surface area (Å²) in [5, 5.41) is 5.75. The Morgan fingerprint density at radius 3 is 2.60 bits per heavy atom. The number of ether oxygens (including phenoxy) is 2. The van der Waals surface area contributed by atoms with Gasteiger partial charge in [0.15, 0.2) is 0 Å². The number of benzene rings is 2. The number of fused-ring (bicyclic) bond motifs is 3. The molecule has 5 nitrogen and oxygen atoms in total. The van der Waals surface area contributed by atoms with E-state index in [1.165, 1.54) is 0 Å². The van der Waals surface area contributed by atoms with Crippen LogP contribution < -0.4 is 4.74 Å². The molecule has 126 valence electrons. The second-order valence-corrected chi connectivity index (χ2v) is 7.15. The van der Waals surface area contributed by atoms with Gasteiger partial charge in [0.2, 0.25) is 11.6 Å². The Bertz CT molecular complexity index is 868. The molecule has 3 aliphatic heterocycles. The van der Waals surface area contributed by atoms with Crippen molar-refractivity contribution in [1.82, 2.24) is 10.0 Å². The van der Waals surface area contributed by atoms with E-state index < -0.39 is 5.72 Å². The van der Waals surface area contributed by atoms with Crippen LogP contribution in [0, 0.1) is 0 Å². The van der Waals surface area contributed by atoms with Crippen LogP contribution in [0.3, 0.4) is 0 Å². The molecule has 0 saturated carbocycles. The summed E-state index contributed by atoms with van der Waals surface area (Å²) in [6.07, 6.45) is 0.347. The number of β-lactam (4-membered cyclic amide) rings is 1. The maximum Gasteiger partial charge on any atom is 0.251 e. The molecule has 2 aromatic rings. The highest BCUT2D eigenvalue weighted by molar-refractivity contribution is 8.02. The van der Waals surface area contributed by atoms with Crippen LogP contribution in [-0.2, 0) is 15.3 Å². The fourth-order valence-corrected chi connectivity index (χ4v) is 4.64. The topological polar surface area (TPSA) is 42.0 Å². The maximum atomic E-state index is 12.5. The number of methoxy groups -OCH3 is 1. The molecule has 3 aliphatic rings. The van der Waals surface area contributed by atoms with E-state index in [0.717, 1.165) is 22.8 Å². The number of hydrogen-bond donors (Lipinski definition) is 0. The summed E-state index contributed by atoms with van der Waals surface area (Å²) in [6.45, 7) is 0. The fourth-order valence-electron chi connectivity index (χ4n) is 3.61. The molecule has 0 aliphatic carbocycles. The number of nitrogens with zero attached hydrogens (tertiary/aromatic N) is 2. The van der Waals surface area contributed by atoms with Crippen LogP contribution in [0.4, 0.5) is 0 Å². The highest BCUT2D eigenvalue weighted by Gasteiger charge is 2.65. The average Bonchev–Trinajstić information content (AvgIpc) is 3.15. The number of amides is 1. The van der Waals surface area contributed by atoms with E-state index in [4.69, 9.17) is 9.47 Å². The summed E-state index contributed by atoms with van der Waals surface area (Å²) in [5.74, 6) is 1.59. The van der Waals surface area contributed by atoms with Crippen molar-refractivity contribution in [3.8, 4) is 5.75 Å². The van der Waals surface area contributed by atoms with Crippen molar-refractivity contribution in [3.63, 3.8) is 0 Å². The fraction of sp³-hybridized carbons (Fsp3) is 0.211. The molecule has 2 atom stereocenters. The van der Waals surface area contributed by atoms with E-state index in [1.807, 2.05) is 52.9 Å². The molecule has 1 amide bonds. The third kappa shape index (κ3) is 1.94. The van der Waals surface area contributed by atoms with Gasteiger partial charge >= 0.3 is 0 Å². The van der Waals surface area contributed by atoms with Crippen LogP contribution in [-0.4, -0.2) is 23.0 Å². The Hall–Kier alpha value is -2.60. The van der Waals surface area contributed by atoms with Crippen LogP contribution in [0.1, 0.15) is 22.9 Å². The highest BCUT2D eigenvalue weighted by atomic mass is 32.2. The molecule has 0 spiro atoms. The third-order valence-corrected chi connectivity index (χ3v) is 5.90. The molecular weight excluding hydrogens is 336 g/mol. The zero-order chi connectivity index (χ0) is 17.0. The first-order valence-corrected chi connectivity index (χ1v) is 9.03. The van der Waals surface area contributed by atoms with Gasteiger partial charge in [-0.15, -0.1) is 0 Å². The highest BCUT2D eigenvalue weighted by Crippen LogP contribution is 2.59. The predicted molar refractivity (Wildman–Crippen MR) is 93.9 cm³/mol. The quantitative estimate of drug-likeness (QED) is 0.790. The number of hydrazine groups is 1. The minimum atomic E-state index is -0.733. The lowest BCUT2D eigenvalue weighted by Crippen LogP contribution is -2.62. The van der Waals surface area contributed by atoms with E-state index in [1.54, 1.807) is 23.9 Å². The van der Waals surface area contributed by atoms with E-state index in [0.29, 0.717) is 6.42 Å². The summed E-state index contributed by atoms with van der Waals surface area (Å²) in [5.41, 5.74) is 1.37. The van der Waals surface area contributed by atoms with E-state index in [-0.39, 0.29) is 11.3 Å². The molecule has 2 fully saturated rings. The molecule has 0 radical (unpaired) electrons. The smallest absolute Gasteiger partial charge is 0.251 e. The van der Waals surface area contributed by atoms with Crippen molar-refractivity contribution in [2.45, 2.75) is 17.5 Å². The molecule has 3 heterocycles. The van der Waals surface area contributed by atoms with Gasteiger partial charge in [-0.1, -0.05) is 42.1 Å². The molecule has 2 aromatic carbocycles. The SMILES string of the molecule is COc1ccc([C@@]23CC(=O)N2N2C(=CS[C@H]2c2ccccc2)O3)cc1. The summed E-state index contributed by atoms with van der Waals surface area (Å²) in [6, 6.07) is 17.9. The van der Waals surface area contributed by atoms with Gasteiger partial charge in [0.25, 0.3) is 5.91 Å². The van der Waals surface area contributed by atoms with Crippen molar-refractivity contribution in [3.05, 3.63) is 77.0 Å². The van der Waals surface area contributed by atoms with Gasteiger partial charge in [-0.05, 0) is 29.8 Å². The zero-order valence-corrected chi connectivity index (χ0v) is 14.4. The van der Waals surface area contributed by atoms with Gasteiger partial charge in [0.1, 0.15) is 11.1 Å². The number of hydrogen-bond acceptors (Lipinski definition) is 5. The van der Waals surface area contributed by atoms with Crippen molar-refractivity contribution in [2.75, 3.05) is 7.11 Å². The minimum absolute atomic E-state index is 0.0144. The number of carbonyl (C=O) groups excluding carboxylic acids is 1. The molecule has 2 saturated heterocycles. The van der Waals surface area contributed by atoms with Gasteiger partial charge < -0.3 is 9.47 Å². The zero-order valence-electron chi connectivity index (χ0n) is 13.6. The van der Waals surface area contributed by atoms with Crippen molar-refractivity contribution in [1.29, 1.82) is 0 Å². The lowest BCUT2D eigenvalue weighted by molar-refractivity contribution is -0.209. The van der Waals surface area contributed by atoms with Gasteiger partial charge in [0.05, 0.1) is 13.5 Å². The van der Waals surface area contributed by atoms with E-state index >= 15 is 0 Å². The molecule has 6 heteroatoms. The van der Waals surface area contributed by atoms with Crippen molar-refractivity contribution >= 4 is 17.7 Å². The van der Waals surface area contributed by atoms with Crippen LogP contribution in [0.5, 0.6) is 5.75 Å². The lowest BCUT2D eigenvalue weighted by atomic mass is 9.91. The molecule has 0 aromatic heterocycles. The molecule has 0 N–H and O–H groups in total. The first kappa shape index (κ1) is 14.7. The summed E-state index contributed by atoms with van der Waals surface area (Å²) in [4.78, 5) is 12.5. The lowest BCUT2D eigenvalue weighted by Gasteiger charge is -2.47. The van der Waals surface area contributed by atoms with Crippen molar-refractivity contribution in [2.24, 2.45) is 0 Å². The number of thioether (sulfide) groups is 1. The summed E-state index contributed by atoms with van der Waals surface area (Å²) < 4.78 is 11.5. The van der Waals surface area contributed by atoms with Gasteiger partial charge in [0, 0.05) is 11.0 Å². The monoisotopic (exact) mass is 352 g/mol. The van der Waals surface area contributed by atoms with E-state index in [2.05, 4.69) is 12.1 Å². The van der Waals surface area contributed by atoms with E-state index in [9.17, 15) is 4.79 Å². The minimum Gasteiger partial charge on any atom is -0.497 e. The average molecular weight is 352 g/mol. The first-order valence-electron chi connectivity index (χ1n) is 8.09. The Balaban J connectivity index is 1.53. The maximum absolute atomic E-state index is 12.5. The molecule has 0 unspecified atom stereocenters. The van der Waals surface area contributed by atoms with Crippen molar-refractivity contribution < 1.29 is 14.3 Å². The molecular formula is C19H16N2O3S. The summed E-state index contributed by atoms with van der Waals surface area (Å²) >= 11 is 1.65. The molecule has 25 heavy (non-hydrogen) atoms. The molecule has 0 bridgehead atoms. The Morgan fingerprint density at radius 1 is 1.16 bits per heavy atom. The van der Waals surface area contributed by atoms with Crippen LogP contribution in [0.25, 0.3) is 0 Å². The second-order valence-electron chi connectivity index (χ2n) is 6.20.